The van der Waals surface area contributed by atoms with Gasteiger partial charge in [0.25, 0.3) is 0 Å². The van der Waals surface area contributed by atoms with E-state index in [1.807, 2.05) is 37.8 Å². The summed E-state index contributed by atoms with van der Waals surface area (Å²) in [6.45, 7) is 4.96. The summed E-state index contributed by atoms with van der Waals surface area (Å²) < 4.78 is 1.79. The molecule has 0 aliphatic carbocycles. The Morgan fingerprint density at radius 3 is 2.52 bits per heavy atom. The second-order valence-electron chi connectivity index (χ2n) is 8.86. The van der Waals surface area contributed by atoms with Crippen molar-refractivity contribution >= 4 is 16.6 Å². The quantitative estimate of drug-likeness (QED) is 0.429. The normalized spacial score (nSPS) is 15.2. The van der Waals surface area contributed by atoms with Crippen LogP contribution in [0.1, 0.15) is 21.7 Å². The van der Waals surface area contributed by atoms with Crippen LogP contribution in [0.25, 0.3) is 21.9 Å². The van der Waals surface area contributed by atoms with Crippen LogP contribution in [0.5, 0.6) is 0 Å². The van der Waals surface area contributed by atoms with Gasteiger partial charge in [-0.1, -0.05) is 12.1 Å². The fraction of sp³-hybridized carbons (Fsp3) is 0.308. The average molecular weight is 441 g/mol. The molecule has 0 N–H and O–H groups in total. The summed E-state index contributed by atoms with van der Waals surface area (Å²) in [5.41, 5.74) is 4.58. The molecule has 1 aliphatic rings. The van der Waals surface area contributed by atoms with Crippen LogP contribution >= 0.6 is 0 Å². The number of hydrogen-bond acceptors (Lipinski definition) is 6. The van der Waals surface area contributed by atoms with Crippen molar-refractivity contribution in [2.75, 3.05) is 33.2 Å². The number of likely N-dealkylation sites (N-methyl/N-ethyl adjacent to an activating group) is 1. The van der Waals surface area contributed by atoms with Gasteiger partial charge >= 0.3 is 0 Å². The molecular weight excluding hydrogens is 412 g/mol. The molecule has 7 nitrogen and oxygen atoms in total. The second-order valence-corrected chi connectivity index (χ2v) is 8.86. The maximum absolute atomic E-state index is 13.0. The van der Waals surface area contributed by atoms with Gasteiger partial charge in [-0.2, -0.15) is 5.10 Å². The number of benzene rings is 1. The summed E-state index contributed by atoms with van der Waals surface area (Å²) in [5, 5.41) is 6.38. The molecule has 1 aliphatic heterocycles. The van der Waals surface area contributed by atoms with Crippen LogP contribution in [0.4, 0.5) is 0 Å². The third-order valence-corrected chi connectivity index (χ3v) is 6.28. The summed E-state index contributed by atoms with van der Waals surface area (Å²) in [6.07, 6.45) is 7.71. The van der Waals surface area contributed by atoms with Crippen molar-refractivity contribution in [2.24, 2.45) is 7.05 Å². The number of rotatable bonds is 6. The molecule has 0 unspecified atom stereocenters. The minimum Gasteiger partial charge on any atom is -0.304 e. The minimum atomic E-state index is 0.0623. The molecule has 5 rings (SSSR count). The predicted molar refractivity (Wildman–Crippen MR) is 129 cm³/mol. The lowest BCUT2D eigenvalue weighted by Crippen LogP contribution is -2.44. The van der Waals surface area contributed by atoms with Gasteiger partial charge in [0, 0.05) is 80.6 Å². The Morgan fingerprint density at radius 2 is 1.73 bits per heavy atom. The lowest BCUT2D eigenvalue weighted by atomic mass is 10.0. The highest BCUT2D eigenvalue weighted by molar-refractivity contribution is 5.98. The molecule has 1 aromatic carbocycles. The molecule has 0 bridgehead atoms. The number of carbonyl (C=O) groups is 1. The largest absolute Gasteiger partial charge is 0.304 e. The van der Waals surface area contributed by atoms with Crippen molar-refractivity contribution in [1.29, 1.82) is 0 Å². The molecule has 0 spiro atoms. The molecule has 33 heavy (non-hydrogen) atoms. The van der Waals surface area contributed by atoms with Crippen LogP contribution < -0.4 is 0 Å². The van der Waals surface area contributed by atoms with E-state index in [0.29, 0.717) is 5.56 Å². The molecule has 168 valence electrons. The van der Waals surface area contributed by atoms with Gasteiger partial charge < -0.3 is 4.90 Å². The molecule has 7 heteroatoms. The Morgan fingerprint density at radius 1 is 0.879 bits per heavy atom. The monoisotopic (exact) mass is 440 g/mol. The first-order chi connectivity index (χ1) is 16.0. The van der Waals surface area contributed by atoms with Crippen molar-refractivity contribution in [3.05, 3.63) is 78.1 Å². The summed E-state index contributed by atoms with van der Waals surface area (Å²) in [4.78, 5) is 26.8. The highest BCUT2D eigenvalue weighted by atomic mass is 16.1. The maximum atomic E-state index is 13.0. The Kier molecular flexibility index (Phi) is 5.98. The molecule has 1 saturated heterocycles. The van der Waals surface area contributed by atoms with E-state index in [1.165, 1.54) is 0 Å². The number of piperazine rings is 1. The van der Waals surface area contributed by atoms with Crippen molar-refractivity contribution < 1.29 is 4.79 Å². The smallest absolute Gasteiger partial charge is 0.168 e. The fourth-order valence-electron chi connectivity index (χ4n) is 4.27. The Balaban J connectivity index is 1.31. The number of pyridine rings is 2. The molecule has 0 radical (unpaired) electrons. The third-order valence-electron chi connectivity index (χ3n) is 6.28. The van der Waals surface area contributed by atoms with Crippen molar-refractivity contribution in [3.63, 3.8) is 0 Å². The van der Waals surface area contributed by atoms with E-state index in [-0.39, 0.29) is 12.2 Å². The molecule has 1 fully saturated rings. The standard InChI is InChI=1S/C26H28N6O/c1-30-7-9-32(10-8-30)18-25-12-20(5-6-27-25)26(33)14-24-13-22-11-19(3-4-21(22)15-28-24)23-16-29-31(2)17-23/h3-6,11-13,15-17H,7-10,14,18H2,1-2H3. The fourth-order valence-corrected chi connectivity index (χ4v) is 4.27. The lowest BCUT2D eigenvalue weighted by Gasteiger charge is -2.32. The molecule has 0 amide bonds. The molecular formula is C26H28N6O. The zero-order chi connectivity index (χ0) is 22.8. The highest BCUT2D eigenvalue weighted by Gasteiger charge is 2.16. The number of carbonyl (C=O) groups excluding carboxylic acids is 1. The van der Waals surface area contributed by atoms with E-state index >= 15 is 0 Å². The van der Waals surface area contributed by atoms with Gasteiger partial charge in [0.1, 0.15) is 0 Å². The van der Waals surface area contributed by atoms with Crippen molar-refractivity contribution in [2.45, 2.75) is 13.0 Å². The van der Waals surface area contributed by atoms with Crippen LogP contribution in [-0.2, 0) is 20.0 Å². The summed E-state index contributed by atoms with van der Waals surface area (Å²) >= 11 is 0. The Hall–Kier alpha value is -3.42. The van der Waals surface area contributed by atoms with Crippen LogP contribution in [0.2, 0.25) is 0 Å². The van der Waals surface area contributed by atoms with Gasteiger partial charge in [0.15, 0.2) is 5.78 Å². The van der Waals surface area contributed by atoms with E-state index in [4.69, 9.17) is 0 Å². The number of aryl methyl sites for hydroxylation is 1. The SMILES string of the molecule is CN1CCN(Cc2cc(C(=O)Cc3cc4cc(-c5cnn(C)c5)ccc4cn3)ccn2)CC1. The molecule has 4 aromatic rings. The molecule has 4 heterocycles. The van der Waals surface area contributed by atoms with E-state index in [9.17, 15) is 4.79 Å². The van der Waals surface area contributed by atoms with Crippen molar-refractivity contribution in [3.8, 4) is 11.1 Å². The number of hydrogen-bond donors (Lipinski definition) is 0. The first-order valence-corrected chi connectivity index (χ1v) is 11.3. The number of aromatic nitrogens is 4. The number of fused-ring (bicyclic) bond motifs is 1. The molecule has 3 aromatic heterocycles. The summed E-state index contributed by atoms with van der Waals surface area (Å²) in [7, 11) is 4.06. The summed E-state index contributed by atoms with van der Waals surface area (Å²) in [6, 6.07) is 12.0. The molecule has 0 atom stereocenters. The van der Waals surface area contributed by atoms with Gasteiger partial charge in [-0.15, -0.1) is 0 Å². The number of nitrogens with zero attached hydrogens (tertiary/aromatic N) is 6. The topological polar surface area (TPSA) is 67.2 Å². The highest BCUT2D eigenvalue weighted by Crippen LogP contribution is 2.24. The maximum Gasteiger partial charge on any atom is 0.168 e. The Bertz CT molecular complexity index is 1290. The van der Waals surface area contributed by atoms with Crippen molar-refractivity contribution in [1.82, 2.24) is 29.5 Å². The minimum absolute atomic E-state index is 0.0623. The van der Waals surface area contributed by atoms with E-state index in [0.717, 1.165) is 66.0 Å². The number of ketones is 1. The van der Waals surface area contributed by atoms with E-state index < -0.39 is 0 Å². The van der Waals surface area contributed by atoms with Crippen LogP contribution in [0.15, 0.2) is 61.2 Å². The van der Waals surface area contributed by atoms with Gasteiger partial charge in [-0.05, 0) is 42.3 Å². The first-order valence-electron chi connectivity index (χ1n) is 11.3. The van der Waals surface area contributed by atoms with Crippen LogP contribution in [-0.4, -0.2) is 68.6 Å². The Labute approximate surface area is 193 Å². The van der Waals surface area contributed by atoms with Gasteiger partial charge in [-0.25, -0.2) is 0 Å². The van der Waals surface area contributed by atoms with E-state index in [2.05, 4.69) is 50.1 Å². The summed E-state index contributed by atoms with van der Waals surface area (Å²) in [5.74, 6) is 0.0623. The first kappa shape index (κ1) is 21.4. The molecule has 0 saturated carbocycles. The second kappa shape index (κ2) is 9.21. The van der Waals surface area contributed by atoms with E-state index in [1.54, 1.807) is 16.9 Å². The predicted octanol–water partition coefficient (Wildman–Crippen LogP) is 3.20. The number of Topliss-reactive ketones (excluding diaryl/α,β-unsaturated/α-hetero) is 1. The van der Waals surface area contributed by atoms with Gasteiger partial charge in [0.05, 0.1) is 18.3 Å². The zero-order valence-electron chi connectivity index (χ0n) is 19.1. The third kappa shape index (κ3) is 4.99. The lowest BCUT2D eigenvalue weighted by molar-refractivity contribution is 0.0991. The average Bonchev–Trinajstić information content (AvgIpc) is 3.26. The van der Waals surface area contributed by atoms with Gasteiger partial charge in [-0.3, -0.25) is 24.3 Å². The zero-order valence-corrected chi connectivity index (χ0v) is 19.1. The van der Waals surface area contributed by atoms with Gasteiger partial charge in [0.2, 0.25) is 0 Å². The van der Waals surface area contributed by atoms with Crippen LogP contribution in [0.3, 0.4) is 0 Å². The van der Waals surface area contributed by atoms with Crippen LogP contribution in [0, 0.1) is 0 Å².